The number of thioether (sulfide) groups is 1. The number of likely N-dealkylation sites (tertiary alicyclic amines) is 1. The van der Waals surface area contributed by atoms with E-state index in [2.05, 4.69) is 29.1 Å². The van der Waals surface area contributed by atoms with E-state index in [4.69, 9.17) is 0 Å². The zero-order valence-corrected chi connectivity index (χ0v) is 23.9. The monoisotopic (exact) mass is 569 g/mol. The van der Waals surface area contributed by atoms with E-state index in [1.54, 1.807) is 45.7 Å². The van der Waals surface area contributed by atoms with Gasteiger partial charge in [-0.05, 0) is 26.2 Å². The van der Waals surface area contributed by atoms with Crippen LogP contribution in [0.25, 0.3) is 0 Å². The van der Waals surface area contributed by atoms with Crippen molar-refractivity contribution in [3.8, 4) is 0 Å². The van der Waals surface area contributed by atoms with E-state index in [1.165, 1.54) is 0 Å². The Morgan fingerprint density at radius 3 is 2.40 bits per heavy atom. The van der Waals surface area contributed by atoms with Crippen molar-refractivity contribution in [2.24, 2.45) is 17.8 Å². The maximum Gasteiger partial charge on any atom is 0.247 e. The number of halogens is 1. The summed E-state index contributed by atoms with van der Waals surface area (Å²) in [5.41, 5.74) is 0. The highest BCUT2D eigenvalue weighted by Gasteiger charge is 2.76. The second kappa shape index (κ2) is 11.0. The topological polar surface area (TPSA) is 81.2 Å². The predicted molar refractivity (Wildman–Crippen MR) is 144 cm³/mol. The molecule has 0 aromatic carbocycles. The summed E-state index contributed by atoms with van der Waals surface area (Å²) in [6.45, 7) is 16.1. The summed E-state index contributed by atoms with van der Waals surface area (Å²) in [5.74, 6) is -1.52. The molecule has 0 aromatic rings. The summed E-state index contributed by atoms with van der Waals surface area (Å²) in [4.78, 5) is 47.2. The molecule has 35 heavy (non-hydrogen) atoms. The number of alkyl halides is 1. The number of hydrogen-bond donors (Lipinski definition) is 1. The normalized spacial score (nSPS) is 33.0. The average molecular weight is 571 g/mol. The van der Waals surface area contributed by atoms with E-state index in [0.717, 1.165) is 6.42 Å². The number of aliphatic hydroxyl groups excluding tert-OH is 1. The van der Waals surface area contributed by atoms with Gasteiger partial charge in [0.1, 0.15) is 6.04 Å². The number of carbonyl (C=O) groups is 3. The number of aliphatic hydroxyl groups is 1. The van der Waals surface area contributed by atoms with Crippen LogP contribution in [0.5, 0.6) is 0 Å². The van der Waals surface area contributed by atoms with E-state index in [-0.39, 0.29) is 46.4 Å². The molecule has 3 aliphatic heterocycles. The molecule has 196 valence electrons. The second-order valence-corrected chi connectivity index (χ2v) is 13.1. The lowest BCUT2D eigenvalue weighted by atomic mass is 9.70. The molecule has 3 saturated heterocycles. The third kappa shape index (κ3) is 4.50. The molecule has 3 aliphatic rings. The molecule has 3 amide bonds. The number of likely N-dealkylation sites (N-methyl/N-ethyl adjacent to an activating group) is 1. The largest absolute Gasteiger partial charge is 0.394 e. The number of nitrogens with zero attached hydrogens (tertiary/aromatic N) is 3. The first kappa shape index (κ1) is 28.3. The Hall–Kier alpha value is -1.32. The van der Waals surface area contributed by atoms with E-state index in [1.807, 2.05) is 27.7 Å². The van der Waals surface area contributed by atoms with Gasteiger partial charge in [-0.3, -0.25) is 14.4 Å². The van der Waals surface area contributed by atoms with Crippen LogP contribution < -0.4 is 0 Å². The van der Waals surface area contributed by atoms with Gasteiger partial charge in [-0.1, -0.05) is 48.4 Å². The number of rotatable bonds is 11. The van der Waals surface area contributed by atoms with Gasteiger partial charge in [0, 0.05) is 36.3 Å². The van der Waals surface area contributed by atoms with Crippen LogP contribution in [0.15, 0.2) is 25.3 Å². The molecule has 1 N–H and O–H groups in total. The first-order valence-electron chi connectivity index (χ1n) is 12.5. The van der Waals surface area contributed by atoms with E-state index < -0.39 is 28.7 Å². The maximum absolute atomic E-state index is 14.3. The first-order chi connectivity index (χ1) is 16.5. The molecule has 0 aromatic heterocycles. The van der Waals surface area contributed by atoms with E-state index in [9.17, 15) is 19.5 Å². The maximum atomic E-state index is 14.3. The average Bonchev–Trinajstić information content (AvgIpc) is 3.40. The Balaban J connectivity index is 2.17. The number of carbonyl (C=O) groups excluding carboxylic acids is 3. The van der Waals surface area contributed by atoms with Gasteiger partial charge in [-0.15, -0.1) is 24.9 Å². The minimum atomic E-state index is -0.744. The summed E-state index contributed by atoms with van der Waals surface area (Å²) in [7, 11) is 1.73. The fraction of sp³-hybridized carbons (Fsp3) is 0.731. The van der Waals surface area contributed by atoms with Crippen molar-refractivity contribution in [2.75, 3.05) is 26.7 Å². The minimum absolute atomic E-state index is 0.000869. The van der Waals surface area contributed by atoms with Crippen LogP contribution in [-0.4, -0.2) is 97.2 Å². The van der Waals surface area contributed by atoms with Crippen LogP contribution in [-0.2, 0) is 14.4 Å². The molecule has 0 saturated carbocycles. The first-order valence-corrected chi connectivity index (χ1v) is 14.3. The lowest BCUT2D eigenvalue weighted by Gasteiger charge is -2.42. The second-order valence-electron chi connectivity index (χ2n) is 10.4. The molecular formula is C26H40BrN3O4S. The van der Waals surface area contributed by atoms with E-state index in [0.29, 0.717) is 19.5 Å². The van der Waals surface area contributed by atoms with Crippen molar-refractivity contribution in [1.82, 2.24) is 14.7 Å². The third-order valence-electron chi connectivity index (χ3n) is 8.10. The summed E-state index contributed by atoms with van der Waals surface area (Å²) in [6, 6.07) is -1.32. The lowest BCUT2D eigenvalue weighted by Crippen LogP contribution is -2.59. The summed E-state index contributed by atoms with van der Waals surface area (Å²) in [6.07, 6.45) is 4.76. The van der Waals surface area contributed by atoms with Gasteiger partial charge in [0.2, 0.25) is 17.7 Å². The molecule has 7 nitrogen and oxygen atoms in total. The van der Waals surface area contributed by atoms with Gasteiger partial charge in [0.25, 0.3) is 0 Å². The van der Waals surface area contributed by atoms with Crippen LogP contribution in [0.1, 0.15) is 40.5 Å². The van der Waals surface area contributed by atoms with Crippen LogP contribution in [0.2, 0.25) is 0 Å². The Morgan fingerprint density at radius 2 is 1.89 bits per heavy atom. The standard InChI is InChI=1S/C26H40BrN3O4S/c1-8-11-28(7)23(32)19-20-24(33)30(18(14-31)16(6)10-3)22(25(34)29(12-9-2)15(4)5)26(20)13-17(27)21(19)35-26/h8-9,15-22,31H,1-2,10-14H2,3-7H3/t16-,17?,18-,19-,20-,21-,22?,26?/m0/s1. The van der Waals surface area contributed by atoms with Gasteiger partial charge >= 0.3 is 0 Å². The summed E-state index contributed by atoms with van der Waals surface area (Å²) < 4.78 is -0.725. The van der Waals surface area contributed by atoms with Crippen molar-refractivity contribution in [2.45, 2.75) is 73.5 Å². The molecule has 0 radical (unpaired) electrons. The Kier molecular flexibility index (Phi) is 8.86. The van der Waals surface area contributed by atoms with Crippen LogP contribution in [0.3, 0.4) is 0 Å². The molecule has 2 bridgehead atoms. The quantitative estimate of drug-likeness (QED) is 0.305. The van der Waals surface area contributed by atoms with Gasteiger partial charge in [-0.25, -0.2) is 0 Å². The summed E-state index contributed by atoms with van der Waals surface area (Å²) >= 11 is 5.43. The van der Waals surface area contributed by atoms with Crippen molar-refractivity contribution in [1.29, 1.82) is 0 Å². The van der Waals surface area contributed by atoms with Crippen molar-refractivity contribution >= 4 is 45.4 Å². The summed E-state index contributed by atoms with van der Waals surface area (Å²) in [5, 5.41) is 10.3. The lowest BCUT2D eigenvalue weighted by molar-refractivity contribution is -0.148. The molecule has 0 aliphatic carbocycles. The molecule has 1 spiro atoms. The zero-order valence-electron chi connectivity index (χ0n) is 21.5. The molecular weight excluding hydrogens is 530 g/mol. The number of amides is 3. The van der Waals surface area contributed by atoms with Gasteiger partial charge in [0.05, 0.1) is 29.2 Å². The van der Waals surface area contributed by atoms with E-state index >= 15 is 0 Å². The van der Waals surface area contributed by atoms with Crippen LogP contribution in [0.4, 0.5) is 0 Å². The highest BCUT2D eigenvalue weighted by molar-refractivity contribution is 9.09. The third-order valence-corrected chi connectivity index (χ3v) is 11.3. The fourth-order valence-electron chi connectivity index (χ4n) is 6.19. The number of fused-ring (bicyclic) bond motifs is 1. The Labute approximate surface area is 222 Å². The molecule has 3 heterocycles. The van der Waals surface area contributed by atoms with Gasteiger partial charge in [0.15, 0.2) is 0 Å². The Morgan fingerprint density at radius 1 is 1.26 bits per heavy atom. The number of hydrogen-bond acceptors (Lipinski definition) is 5. The molecule has 3 rings (SSSR count). The van der Waals surface area contributed by atoms with Gasteiger partial charge < -0.3 is 19.8 Å². The molecule has 3 fully saturated rings. The van der Waals surface area contributed by atoms with Crippen LogP contribution in [0, 0.1) is 17.8 Å². The molecule has 9 heteroatoms. The Bertz CT molecular complexity index is 870. The van der Waals surface area contributed by atoms with Crippen molar-refractivity contribution in [3.05, 3.63) is 25.3 Å². The SMILES string of the molecule is C=CCN(C)C(=O)[C@H]1[C@H]2C(=O)N([C@@H](CO)[C@@H](C)CC)C(C(=O)N(CC=C)C(C)C)C23CC(Br)[C@@H]1S3. The van der Waals surface area contributed by atoms with Crippen molar-refractivity contribution in [3.63, 3.8) is 0 Å². The smallest absolute Gasteiger partial charge is 0.247 e. The van der Waals surface area contributed by atoms with Crippen LogP contribution >= 0.6 is 27.7 Å². The predicted octanol–water partition coefficient (Wildman–Crippen LogP) is 2.93. The molecule has 3 unspecified atom stereocenters. The molecule has 8 atom stereocenters. The highest BCUT2D eigenvalue weighted by Crippen LogP contribution is 2.68. The fourth-order valence-corrected chi connectivity index (χ4v) is 9.78. The zero-order chi connectivity index (χ0) is 26.2. The minimum Gasteiger partial charge on any atom is -0.394 e. The van der Waals surface area contributed by atoms with Crippen molar-refractivity contribution < 1.29 is 19.5 Å². The highest BCUT2D eigenvalue weighted by atomic mass is 79.9. The van der Waals surface area contributed by atoms with Gasteiger partial charge in [-0.2, -0.15) is 0 Å².